The number of anilines is 1. The minimum atomic E-state index is 0.514. The van der Waals surface area contributed by atoms with Gasteiger partial charge in [-0.25, -0.2) is 0 Å². The van der Waals surface area contributed by atoms with Crippen LogP contribution in [0.2, 0.25) is 5.02 Å². The summed E-state index contributed by atoms with van der Waals surface area (Å²) in [7, 11) is 4.08. The van der Waals surface area contributed by atoms with Crippen LogP contribution in [0.25, 0.3) is 0 Å². The van der Waals surface area contributed by atoms with E-state index >= 15 is 0 Å². The highest BCUT2D eigenvalue weighted by Gasteiger charge is 2.23. The van der Waals surface area contributed by atoms with Gasteiger partial charge in [0.25, 0.3) is 0 Å². The number of guanidine groups is 1. The second kappa shape index (κ2) is 9.62. The van der Waals surface area contributed by atoms with Crippen molar-refractivity contribution in [3.63, 3.8) is 0 Å². The monoisotopic (exact) mass is 392 g/mol. The molecule has 0 aromatic heterocycles. The molecule has 0 saturated carbocycles. The Morgan fingerprint density at radius 3 is 2.37 bits per heavy atom. The first kappa shape index (κ1) is 20.2. The number of rotatable bonds is 4. The Balaban J connectivity index is 1.47. The maximum absolute atomic E-state index is 6.35. The van der Waals surface area contributed by atoms with Gasteiger partial charge in [-0.1, -0.05) is 23.7 Å². The van der Waals surface area contributed by atoms with E-state index < -0.39 is 0 Å². The highest BCUT2D eigenvalue weighted by atomic mass is 35.5. The van der Waals surface area contributed by atoms with Crippen molar-refractivity contribution in [3.8, 4) is 0 Å². The molecule has 1 N–H and O–H groups in total. The second-order valence-corrected chi connectivity index (χ2v) is 7.95. The number of nitrogens with zero attached hydrogens (tertiary/aromatic N) is 5. The van der Waals surface area contributed by atoms with Crippen molar-refractivity contribution in [2.75, 3.05) is 77.9 Å². The van der Waals surface area contributed by atoms with Gasteiger partial charge in [-0.3, -0.25) is 9.89 Å². The van der Waals surface area contributed by atoms with Gasteiger partial charge in [-0.05, 0) is 26.1 Å². The van der Waals surface area contributed by atoms with Crippen LogP contribution in [0.4, 0.5) is 5.69 Å². The average molecular weight is 393 g/mol. The zero-order valence-electron chi connectivity index (χ0n) is 16.9. The summed E-state index contributed by atoms with van der Waals surface area (Å²) >= 11 is 6.35. The largest absolute Gasteiger partial charge is 0.367 e. The Morgan fingerprint density at radius 1 is 1.07 bits per heavy atom. The number of likely N-dealkylation sites (N-methyl/N-ethyl adjacent to an activating group) is 1. The van der Waals surface area contributed by atoms with Crippen LogP contribution in [-0.4, -0.2) is 99.7 Å². The van der Waals surface area contributed by atoms with Crippen molar-refractivity contribution in [2.24, 2.45) is 4.99 Å². The van der Waals surface area contributed by atoms with Gasteiger partial charge in [-0.15, -0.1) is 0 Å². The molecule has 1 aromatic rings. The lowest BCUT2D eigenvalue weighted by Crippen LogP contribution is -2.55. The summed E-state index contributed by atoms with van der Waals surface area (Å²) in [4.78, 5) is 14.2. The molecule has 2 aliphatic heterocycles. The number of nitrogens with one attached hydrogen (secondary N) is 1. The molecule has 0 bridgehead atoms. The van der Waals surface area contributed by atoms with Gasteiger partial charge in [0.2, 0.25) is 0 Å². The molecule has 0 amide bonds. The first-order valence-corrected chi connectivity index (χ1v) is 10.3. The Morgan fingerprint density at radius 2 is 1.74 bits per heavy atom. The van der Waals surface area contributed by atoms with Gasteiger partial charge in [0.1, 0.15) is 0 Å². The third-order valence-electron chi connectivity index (χ3n) is 5.70. The van der Waals surface area contributed by atoms with Crippen LogP contribution in [0.15, 0.2) is 29.3 Å². The summed E-state index contributed by atoms with van der Waals surface area (Å²) in [6, 6.07) is 8.61. The molecule has 6 nitrogen and oxygen atoms in total. The van der Waals surface area contributed by atoms with Crippen LogP contribution in [0.5, 0.6) is 0 Å². The van der Waals surface area contributed by atoms with Crippen molar-refractivity contribution in [2.45, 2.75) is 13.0 Å². The van der Waals surface area contributed by atoms with E-state index in [1.54, 1.807) is 0 Å². The third-order valence-corrected chi connectivity index (χ3v) is 6.02. The van der Waals surface area contributed by atoms with Crippen LogP contribution in [0, 0.1) is 0 Å². The number of para-hydroxylation sites is 1. The Labute approximate surface area is 168 Å². The maximum atomic E-state index is 6.35. The van der Waals surface area contributed by atoms with Crippen molar-refractivity contribution in [1.29, 1.82) is 0 Å². The molecule has 7 heteroatoms. The Kier molecular flexibility index (Phi) is 7.21. The summed E-state index contributed by atoms with van der Waals surface area (Å²) in [5.41, 5.74) is 1.13. The topological polar surface area (TPSA) is 37.4 Å². The molecule has 2 aliphatic rings. The van der Waals surface area contributed by atoms with Crippen LogP contribution in [0.3, 0.4) is 0 Å². The van der Waals surface area contributed by atoms with Crippen molar-refractivity contribution in [1.82, 2.24) is 20.0 Å². The lowest BCUT2D eigenvalue weighted by atomic mass is 10.2. The molecule has 2 saturated heterocycles. The lowest BCUT2D eigenvalue weighted by molar-refractivity contribution is 0.119. The first-order chi connectivity index (χ1) is 13.1. The average Bonchev–Trinajstić information content (AvgIpc) is 2.70. The molecular weight excluding hydrogens is 360 g/mol. The molecule has 3 rings (SSSR count). The zero-order valence-corrected chi connectivity index (χ0v) is 17.6. The van der Waals surface area contributed by atoms with Crippen molar-refractivity contribution in [3.05, 3.63) is 29.3 Å². The predicted molar refractivity (Wildman–Crippen MR) is 115 cm³/mol. The van der Waals surface area contributed by atoms with Crippen LogP contribution < -0.4 is 10.2 Å². The second-order valence-electron chi connectivity index (χ2n) is 7.54. The lowest BCUT2D eigenvalue weighted by Gasteiger charge is -2.39. The Hall–Kier alpha value is -1.50. The minimum Gasteiger partial charge on any atom is -0.367 e. The van der Waals surface area contributed by atoms with Gasteiger partial charge in [0.05, 0.1) is 10.7 Å². The zero-order chi connectivity index (χ0) is 19.2. The van der Waals surface area contributed by atoms with Crippen LogP contribution in [-0.2, 0) is 0 Å². The summed E-state index contributed by atoms with van der Waals surface area (Å²) < 4.78 is 0. The molecule has 150 valence electrons. The predicted octanol–water partition coefficient (Wildman–Crippen LogP) is 1.67. The number of hydrogen-bond donors (Lipinski definition) is 1. The molecular formula is C20H33ClN6. The van der Waals surface area contributed by atoms with Crippen LogP contribution >= 0.6 is 11.6 Å². The van der Waals surface area contributed by atoms with E-state index in [4.69, 9.17) is 11.6 Å². The molecule has 1 atom stereocenters. The van der Waals surface area contributed by atoms with Gasteiger partial charge in [0, 0.05) is 72.0 Å². The van der Waals surface area contributed by atoms with Gasteiger partial charge in [0.15, 0.2) is 5.96 Å². The molecule has 0 radical (unpaired) electrons. The molecule has 27 heavy (non-hydrogen) atoms. The number of piperazine rings is 2. The number of benzene rings is 1. The normalized spacial score (nSPS) is 21.4. The quantitative estimate of drug-likeness (QED) is 0.623. The standard InChI is InChI=1S/C20H33ClN6/c1-17(25-10-8-24(3)9-11-25)16-23-20(22-2)27-14-12-26(13-15-27)19-7-5-4-6-18(19)21/h4-7,17H,8-16H2,1-3H3,(H,22,23). The van der Waals surface area contributed by atoms with E-state index in [0.29, 0.717) is 6.04 Å². The summed E-state index contributed by atoms with van der Waals surface area (Å²) in [6.45, 7) is 11.7. The van der Waals surface area contributed by atoms with Gasteiger partial charge < -0.3 is 20.0 Å². The van der Waals surface area contributed by atoms with Gasteiger partial charge in [-0.2, -0.15) is 0 Å². The van der Waals surface area contributed by atoms with E-state index in [2.05, 4.69) is 49.9 Å². The maximum Gasteiger partial charge on any atom is 0.193 e. The highest BCUT2D eigenvalue weighted by Crippen LogP contribution is 2.26. The minimum absolute atomic E-state index is 0.514. The fraction of sp³-hybridized carbons (Fsp3) is 0.650. The molecule has 2 heterocycles. The molecule has 1 unspecified atom stereocenters. The van der Waals surface area contributed by atoms with E-state index in [0.717, 1.165) is 75.6 Å². The number of aliphatic imine (C=N–C) groups is 1. The summed E-state index contributed by atoms with van der Waals surface area (Å²) in [5.74, 6) is 1.01. The van der Waals surface area contributed by atoms with Gasteiger partial charge >= 0.3 is 0 Å². The van der Waals surface area contributed by atoms with E-state index in [9.17, 15) is 0 Å². The first-order valence-electron chi connectivity index (χ1n) is 9.96. The SMILES string of the molecule is CN=C(NCC(C)N1CCN(C)CC1)N1CCN(c2ccccc2Cl)CC1. The third kappa shape index (κ3) is 5.27. The van der Waals surface area contributed by atoms with Crippen LogP contribution in [0.1, 0.15) is 6.92 Å². The molecule has 0 spiro atoms. The summed E-state index contributed by atoms with van der Waals surface area (Å²) in [5, 5.41) is 4.42. The fourth-order valence-electron chi connectivity index (χ4n) is 3.83. The fourth-order valence-corrected chi connectivity index (χ4v) is 4.09. The number of hydrogen-bond acceptors (Lipinski definition) is 4. The van der Waals surface area contributed by atoms with Crippen molar-refractivity contribution >= 4 is 23.2 Å². The number of halogens is 1. The van der Waals surface area contributed by atoms with E-state index in [-0.39, 0.29) is 0 Å². The smallest absolute Gasteiger partial charge is 0.193 e. The molecule has 0 aliphatic carbocycles. The van der Waals surface area contributed by atoms with E-state index in [1.807, 2.05) is 25.2 Å². The summed E-state index contributed by atoms with van der Waals surface area (Å²) in [6.07, 6.45) is 0. The van der Waals surface area contributed by atoms with E-state index in [1.165, 1.54) is 0 Å². The Bertz CT molecular complexity index is 621. The molecule has 2 fully saturated rings. The molecule has 1 aromatic carbocycles. The van der Waals surface area contributed by atoms with Crippen molar-refractivity contribution < 1.29 is 0 Å². The highest BCUT2D eigenvalue weighted by molar-refractivity contribution is 6.33.